The third kappa shape index (κ3) is 26.8. The molecule has 0 saturated heterocycles. The smallest absolute Gasteiger partial charge is 0.189 e. The highest BCUT2D eigenvalue weighted by Gasteiger charge is 2.03. The molecule has 0 aliphatic carbocycles. The number of hydrogen-bond donors (Lipinski definition) is 1. The van der Waals surface area contributed by atoms with Gasteiger partial charge in [-0.25, -0.2) is 0 Å². The van der Waals surface area contributed by atoms with Crippen LogP contribution in [0.4, 0.5) is 0 Å². The van der Waals surface area contributed by atoms with Crippen LogP contribution in [0, 0.1) is 0 Å². The minimum atomic E-state index is -0.710. The van der Waals surface area contributed by atoms with Gasteiger partial charge in [-0.1, -0.05) is 18.7 Å². The second-order valence-corrected chi connectivity index (χ2v) is 17.7. The van der Waals surface area contributed by atoms with E-state index in [1.54, 1.807) is 11.8 Å². The van der Waals surface area contributed by atoms with Crippen LogP contribution in [0.3, 0.4) is 0 Å². The van der Waals surface area contributed by atoms with E-state index in [0.717, 1.165) is 67.7 Å². The summed E-state index contributed by atoms with van der Waals surface area (Å²) in [6.07, 6.45) is 1.69. The Bertz CT molecular complexity index is 403. The molecule has 0 rings (SSSR count). The summed E-state index contributed by atoms with van der Waals surface area (Å²) in [5, 5.41) is 13.5. The molecule has 180 valence electrons. The molecule has 3 nitrogen and oxygen atoms in total. The summed E-state index contributed by atoms with van der Waals surface area (Å²) < 4.78 is 11.8. The first-order valence-electron chi connectivity index (χ1n) is 9.86. The van der Waals surface area contributed by atoms with Gasteiger partial charge in [0.15, 0.2) is 5.12 Å². The van der Waals surface area contributed by atoms with Crippen LogP contribution in [0.15, 0.2) is 0 Å². The first-order valence-corrected chi connectivity index (χ1v) is 20.4. The normalized spacial score (nSPS) is 12.3. The average molecular weight is 589 g/mol. The van der Waals surface area contributed by atoms with Crippen molar-refractivity contribution in [1.82, 2.24) is 0 Å². The molecule has 30 heavy (non-hydrogen) atoms. The van der Waals surface area contributed by atoms with Gasteiger partial charge in [0.05, 0.1) is 6.61 Å². The zero-order valence-electron chi connectivity index (χ0n) is 17.8. The summed E-state index contributed by atoms with van der Waals surface area (Å²) in [4.78, 5) is 11.9. The van der Waals surface area contributed by atoms with Crippen LogP contribution in [0.1, 0.15) is 19.8 Å². The largest absolute Gasteiger partial charge is 0.396 e. The predicted molar refractivity (Wildman–Crippen MR) is 159 cm³/mol. The van der Waals surface area contributed by atoms with Crippen molar-refractivity contribution >= 4 is 110 Å². The Morgan fingerprint density at radius 1 is 0.733 bits per heavy atom. The topological polar surface area (TPSA) is 54.4 Å². The minimum Gasteiger partial charge on any atom is -0.396 e. The molecule has 1 unspecified atom stereocenters. The van der Waals surface area contributed by atoms with Gasteiger partial charge in [0.25, 0.3) is 0 Å². The van der Waals surface area contributed by atoms with Crippen molar-refractivity contribution in [2.45, 2.75) is 19.8 Å². The van der Waals surface area contributed by atoms with E-state index < -0.39 is 10.8 Å². The van der Waals surface area contributed by atoms with Crippen LogP contribution < -0.4 is 0 Å². The van der Waals surface area contributed by atoms with Gasteiger partial charge in [-0.3, -0.25) is 9.00 Å². The van der Waals surface area contributed by atoms with Crippen LogP contribution in [0.5, 0.6) is 0 Å². The van der Waals surface area contributed by atoms with Gasteiger partial charge in [-0.2, -0.15) is 58.8 Å². The lowest BCUT2D eigenvalue weighted by Crippen LogP contribution is -2.06. The number of rotatable bonds is 24. The molecule has 1 N–H and O–H groups in total. The summed E-state index contributed by atoms with van der Waals surface area (Å²) in [7, 11) is -0.710. The first kappa shape index (κ1) is 32.6. The molecule has 0 fully saturated rings. The Morgan fingerprint density at radius 2 is 1.40 bits per heavy atom. The van der Waals surface area contributed by atoms with Crippen molar-refractivity contribution in [3.8, 4) is 0 Å². The van der Waals surface area contributed by atoms with Crippen LogP contribution >= 0.6 is 94.1 Å². The minimum absolute atomic E-state index is 0.205. The highest BCUT2D eigenvalue weighted by molar-refractivity contribution is 8.23. The highest BCUT2D eigenvalue weighted by Crippen LogP contribution is 2.21. The Labute approximate surface area is 220 Å². The maximum atomic E-state index is 11.9. The van der Waals surface area contributed by atoms with E-state index in [2.05, 4.69) is 6.92 Å². The quantitative estimate of drug-likeness (QED) is 0.111. The maximum Gasteiger partial charge on any atom is 0.189 e. The van der Waals surface area contributed by atoms with Crippen molar-refractivity contribution in [3.05, 3.63) is 0 Å². The molecule has 0 aromatic carbocycles. The van der Waals surface area contributed by atoms with Crippen molar-refractivity contribution in [3.63, 3.8) is 0 Å². The van der Waals surface area contributed by atoms with Crippen molar-refractivity contribution < 1.29 is 14.1 Å². The number of aliphatic hydroxyl groups is 1. The standard InChI is InChI=1S/C18H36O3S9/c1-2-22-14-27-17-26-9-10-29-18(20)4-7-25-16-28-15-24-6-3-12-30(21)13-11-23-8-5-19/h19H,2-17H2,1H3. The van der Waals surface area contributed by atoms with Gasteiger partial charge in [-0.05, 0) is 17.9 Å². The monoisotopic (exact) mass is 588 g/mol. The molecule has 0 spiro atoms. The van der Waals surface area contributed by atoms with Gasteiger partial charge < -0.3 is 5.11 Å². The summed E-state index contributed by atoms with van der Waals surface area (Å²) in [6, 6.07) is 0. The predicted octanol–water partition coefficient (Wildman–Crippen LogP) is 5.75. The van der Waals surface area contributed by atoms with Crippen molar-refractivity contribution in [2.75, 3.05) is 78.7 Å². The molecule has 0 heterocycles. The lowest BCUT2D eigenvalue weighted by molar-refractivity contribution is -0.110. The summed E-state index contributed by atoms with van der Waals surface area (Å²) in [5.41, 5.74) is 0. The summed E-state index contributed by atoms with van der Waals surface area (Å²) in [6.45, 7) is 2.39. The lowest BCUT2D eigenvalue weighted by atomic mass is 10.5. The number of thioether (sulfide) groups is 8. The molecule has 0 aromatic heterocycles. The second-order valence-electron chi connectivity index (χ2n) is 5.61. The molecular weight excluding hydrogens is 553 g/mol. The van der Waals surface area contributed by atoms with Crippen LogP contribution in [0.25, 0.3) is 0 Å². The van der Waals surface area contributed by atoms with Crippen LogP contribution in [-0.4, -0.2) is 93.2 Å². The van der Waals surface area contributed by atoms with Crippen molar-refractivity contribution in [2.24, 2.45) is 0 Å². The molecule has 1 atom stereocenters. The summed E-state index contributed by atoms with van der Waals surface area (Å²) >= 11 is 14.7. The third-order valence-electron chi connectivity index (χ3n) is 3.16. The number of carbonyl (C=O) groups excluding carboxylic acids is 1. The Hall–Kier alpha value is 2.58. The Kier molecular flexibility index (Phi) is 30.2. The summed E-state index contributed by atoms with van der Waals surface area (Å²) in [5.74, 6) is 8.34. The first-order chi connectivity index (χ1) is 14.7. The SMILES string of the molecule is CCSCSCSCCSC(=O)CCSCSCSCCCS(=O)CCSCCO. The fourth-order valence-electron chi connectivity index (χ4n) is 1.75. The Balaban J connectivity index is 3.22. The molecule has 0 saturated carbocycles. The van der Waals surface area contributed by atoms with E-state index >= 15 is 0 Å². The van der Waals surface area contributed by atoms with E-state index in [0.29, 0.717) is 11.5 Å². The van der Waals surface area contributed by atoms with Crippen molar-refractivity contribution in [1.29, 1.82) is 0 Å². The molecular formula is C18H36O3S9. The molecule has 0 radical (unpaired) electrons. The van der Waals surface area contributed by atoms with Crippen LogP contribution in [-0.2, 0) is 15.6 Å². The Morgan fingerprint density at radius 3 is 2.10 bits per heavy atom. The zero-order chi connectivity index (χ0) is 22.1. The van der Waals surface area contributed by atoms with E-state index in [-0.39, 0.29) is 6.61 Å². The molecule has 0 aliphatic rings. The van der Waals surface area contributed by atoms with E-state index in [4.69, 9.17) is 5.11 Å². The lowest BCUT2D eigenvalue weighted by Gasteiger charge is -2.04. The fourth-order valence-corrected chi connectivity index (χ4v) is 12.0. The van der Waals surface area contributed by atoms with Gasteiger partial charge in [0.1, 0.15) is 0 Å². The third-order valence-corrected chi connectivity index (χ3v) is 14.3. The van der Waals surface area contributed by atoms with E-state index in [1.165, 1.54) is 22.6 Å². The average Bonchev–Trinajstić information content (AvgIpc) is 2.74. The highest BCUT2D eigenvalue weighted by atomic mass is 32.2. The molecule has 0 amide bonds. The van der Waals surface area contributed by atoms with Crippen LogP contribution in [0.2, 0.25) is 0 Å². The maximum absolute atomic E-state index is 11.9. The van der Waals surface area contributed by atoms with E-state index in [1.807, 2.05) is 70.6 Å². The number of hydrogen-bond acceptors (Lipinski definition) is 11. The zero-order valence-corrected chi connectivity index (χ0v) is 25.1. The van der Waals surface area contributed by atoms with Gasteiger partial charge in [-0.15, -0.1) is 23.5 Å². The fraction of sp³-hybridized carbons (Fsp3) is 0.944. The van der Waals surface area contributed by atoms with E-state index in [9.17, 15) is 9.00 Å². The second kappa shape index (κ2) is 27.8. The van der Waals surface area contributed by atoms with Gasteiger partial charge >= 0.3 is 0 Å². The molecule has 12 heteroatoms. The molecule has 0 aromatic rings. The number of aliphatic hydroxyl groups excluding tert-OH is 1. The molecule has 0 bridgehead atoms. The van der Waals surface area contributed by atoms with Gasteiger partial charge in [0.2, 0.25) is 0 Å². The molecule has 0 aliphatic heterocycles. The van der Waals surface area contributed by atoms with Gasteiger partial charge in [0, 0.05) is 77.8 Å². The number of carbonyl (C=O) groups is 1.